The van der Waals surface area contributed by atoms with Crippen molar-refractivity contribution in [2.45, 2.75) is 6.04 Å². The van der Waals surface area contributed by atoms with Gasteiger partial charge in [-0.15, -0.1) is 4.83 Å². The van der Waals surface area contributed by atoms with E-state index < -0.39 is 70.0 Å². The number of aromatic nitrogens is 1. The van der Waals surface area contributed by atoms with Gasteiger partial charge in [0.1, 0.15) is 11.7 Å². The van der Waals surface area contributed by atoms with E-state index in [1.807, 2.05) is 5.32 Å². The highest BCUT2D eigenvalue weighted by molar-refractivity contribution is 7.88. The van der Waals surface area contributed by atoms with Crippen LogP contribution >= 0.6 is 0 Å². The van der Waals surface area contributed by atoms with Gasteiger partial charge in [0.05, 0.1) is 19.6 Å². The number of rotatable bonds is 6. The van der Waals surface area contributed by atoms with E-state index in [9.17, 15) is 47.1 Å². The van der Waals surface area contributed by atoms with Gasteiger partial charge in [0, 0.05) is 12.3 Å². The number of H-pyrrole nitrogens is 1. The summed E-state index contributed by atoms with van der Waals surface area (Å²) >= 11 is 0. The molecule has 0 aromatic carbocycles. The number of urea groups is 3. The number of aromatic hydroxyl groups is 1. The molecule has 194 valence electrons. The fraction of sp³-hybridized carbons (Fsp3) is 0.267. The SMILES string of the molecule is O=C(O)N[C@H]1CN(C(=O)NS(=O)(=O)NNC(=O)N2CCN(NC(=O)c3cc(=O)c(O)c[nH]3)C2=O)C1=O. The molecule has 2 saturated heterocycles. The normalized spacial score (nSPS) is 17.3. The molecule has 1 atom stereocenters. The topological polar surface area (TPSA) is 280 Å². The van der Waals surface area contributed by atoms with Gasteiger partial charge in [0.15, 0.2) is 5.75 Å². The number of nitrogens with zero attached hydrogens (tertiary/aromatic N) is 3. The lowest BCUT2D eigenvalue weighted by Gasteiger charge is -2.35. The molecule has 0 bridgehead atoms. The highest BCUT2D eigenvalue weighted by Crippen LogP contribution is 2.11. The Kier molecular flexibility index (Phi) is 6.96. The van der Waals surface area contributed by atoms with Gasteiger partial charge >= 0.3 is 34.4 Å². The lowest BCUT2D eigenvalue weighted by molar-refractivity contribution is -0.138. The first-order chi connectivity index (χ1) is 16.8. The number of hydrogen-bond donors (Lipinski definition) is 8. The van der Waals surface area contributed by atoms with Crippen LogP contribution in [0, 0.1) is 0 Å². The quantitative estimate of drug-likeness (QED) is 0.130. The highest BCUT2D eigenvalue weighted by atomic mass is 32.2. The maximum absolute atomic E-state index is 12.3. The van der Waals surface area contributed by atoms with Crippen LogP contribution < -0.4 is 31.2 Å². The summed E-state index contributed by atoms with van der Waals surface area (Å²) in [6.07, 6.45) is -0.660. The molecule has 0 unspecified atom stereocenters. The second kappa shape index (κ2) is 9.75. The Labute approximate surface area is 199 Å². The fourth-order valence-corrected chi connectivity index (χ4v) is 3.46. The van der Waals surface area contributed by atoms with E-state index in [0.717, 1.165) is 12.3 Å². The zero-order valence-corrected chi connectivity index (χ0v) is 18.5. The van der Waals surface area contributed by atoms with Crippen molar-refractivity contribution in [3.8, 4) is 5.75 Å². The maximum Gasteiger partial charge on any atom is 0.405 e. The van der Waals surface area contributed by atoms with Crippen LogP contribution in [0.25, 0.3) is 0 Å². The van der Waals surface area contributed by atoms with Crippen LogP contribution in [0.2, 0.25) is 0 Å². The lowest BCUT2D eigenvalue weighted by Crippen LogP contribution is -2.68. The summed E-state index contributed by atoms with van der Waals surface area (Å²) in [5, 5.41) is 20.2. The largest absolute Gasteiger partial charge is 0.503 e. The number of hydrazine groups is 2. The molecule has 20 nitrogen and oxygen atoms in total. The molecular weight excluding hydrogens is 514 g/mol. The van der Waals surface area contributed by atoms with E-state index in [4.69, 9.17) is 5.11 Å². The van der Waals surface area contributed by atoms with Crippen LogP contribution in [-0.2, 0) is 15.0 Å². The van der Waals surface area contributed by atoms with Crippen LogP contribution in [0.3, 0.4) is 0 Å². The molecule has 0 saturated carbocycles. The van der Waals surface area contributed by atoms with Crippen LogP contribution in [-0.4, -0.2) is 100 Å². The molecule has 21 heteroatoms. The third-order valence-corrected chi connectivity index (χ3v) is 5.43. The van der Waals surface area contributed by atoms with Gasteiger partial charge in [0.25, 0.3) is 11.8 Å². The van der Waals surface area contributed by atoms with Crippen molar-refractivity contribution in [2.75, 3.05) is 19.6 Å². The monoisotopic (exact) mass is 531 g/mol. The minimum absolute atomic E-state index is 0.216. The first-order valence-corrected chi connectivity index (χ1v) is 11.0. The molecule has 3 heterocycles. The van der Waals surface area contributed by atoms with Gasteiger partial charge in [0.2, 0.25) is 5.43 Å². The number of aromatic amines is 1. The van der Waals surface area contributed by atoms with Crippen molar-refractivity contribution in [3.63, 3.8) is 0 Å². The van der Waals surface area contributed by atoms with Gasteiger partial charge < -0.3 is 20.5 Å². The molecule has 36 heavy (non-hydrogen) atoms. The molecule has 0 spiro atoms. The van der Waals surface area contributed by atoms with Crippen molar-refractivity contribution >= 4 is 46.2 Å². The summed E-state index contributed by atoms with van der Waals surface area (Å²) < 4.78 is 25.3. The van der Waals surface area contributed by atoms with E-state index in [1.165, 1.54) is 9.55 Å². The third kappa shape index (κ3) is 5.58. The smallest absolute Gasteiger partial charge is 0.405 e. The van der Waals surface area contributed by atoms with Crippen LogP contribution in [0.4, 0.5) is 19.2 Å². The first kappa shape index (κ1) is 25.7. The summed E-state index contributed by atoms with van der Waals surface area (Å²) in [6, 6.07) is -4.24. The number of pyridine rings is 1. The molecule has 0 aliphatic carbocycles. The number of carboxylic acid groups (broad SMARTS) is 1. The predicted molar refractivity (Wildman–Crippen MR) is 111 cm³/mol. The molecule has 1 aromatic heterocycles. The average molecular weight is 531 g/mol. The number of nitrogens with one attached hydrogen (secondary N) is 6. The minimum Gasteiger partial charge on any atom is -0.503 e. The van der Waals surface area contributed by atoms with Crippen LogP contribution in [0.15, 0.2) is 17.1 Å². The summed E-state index contributed by atoms with van der Waals surface area (Å²) in [7, 11) is -4.77. The molecule has 2 fully saturated rings. The number of amides is 9. The van der Waals surface area contributed by atoms with Gasteiger partial charge in [-0.05, 0) is 0 Å². The Morgan fingerprint density at radius 1 is 1.06 bits per heavy atom. The number of hydrogen-bond acceptors (Lipinski definition) is 10. The lowest BCUT2D eigenvalue weighted by atomic mass is 10.1. The van der Waals surface area contributed by atoms with E-state index in [2.05, 4.69) is 10.4 Å². The van der Waals surface area contributed by atoms with E-state index in [1.54, 1.807) is 5.43 Å². The van der Waals surface area contributed by atoms with Crippen molar-refractivity contribution in [3.05, 3.63) is 28.2 Å². The Bertz CT molecular complexity index is 1310. The number of carbonyl (C=O) groups excluding carboxylic acids is 5. The van der Waals surface area contributed by atoms with E-state index >= 15 is 0 Å². The molecule has 2 aliphatic rings. The van der Waals surface area contributed by atoms with Crippen molar-refractivity contribution < 1.29 is 47.4 Å². The Morgan fingerprint density at radius 3 is 2.36 bits per heavy atom. The van der Waals surface area contributed by atoms with Crippen molar-refractivity contribution in [1.29, 1.82) is 0 Å². The summed E-state index contributed by atoms with van der Waals surface area (Å²) in [6.45, 7) is -0.946. The van der Waals surface area contributed by atoms with Crippen LogP contribution in [0.5, 0.6) is 5.75 Å². The second-order valence-corrected chi connectivity index (χ2v) is 8.43. The number of imide groups is 2. The summed E-state index contributed by atoms with van der Waals surface area (Å²) in [5.74, 6) is -2.59. The van der Waals surface area contributed by atoms with Gasteiger partial charge in [-0.1, -0.05) is 0 Å². The maximum atomic E-state index is 12.3. The zero-order chi connectivity index (χ0) is 26.8. The van der Waals surface area contributed by atoms with E-state index in [-0.39, 0.29) is 18.8 Å². The Balaban J connectivity index is 1.49. The third-order valence-electron chi connectivity index (χ3n) is 4.61. The van der Waals surface area contributed by atoms with E-state index in [0.29, 0.717) is 14.8 Å². The zero-order valence-electron chi connectivity index (χ0n) is 17.7. The molecular formula is C15H17N9O11S. The second-order valence-electron chi connectivity index (χ2n) is 7.02. The van der Waals surface area contributed by atoms with Gasteiger partial charge in [-0.2, -0.15) is 8.42 Å². The fourth-order valence-electron chi connectivity index (χ4n) is 2.85. The Hall–Kier alpha value is -4.92. The highest BCUT2D eigenvalue weighted by Gasteiger charge is 2.43. The molecule has 9 amide bonds. The van der Waals surface area contributed by atoms with Gasteiger partial charge in [-0.25, -0.2) is 33.8 Å². The number of β-lactam (4-membered cyclic amide) rings is 1. The predicted octanol–water partition coefficient (Wildman–Crippen LogP) is -3.89. The molecule has 2 aliphatic heterocycles. The molecule has 8 N–H and O–H groups in total. The summed E-state index contributed by atoms with van der Waals surface area (Å²) in [5.41, 5.74) is 2.60. The molecule has 3 rings (SSSR count). The first-order valence-electron chi connectivity index (χ1n) is 9.55. The van der Waals surface area contributed by atoms with Crippen molar-refractivity contribution in [1.82, 2.24) is 45.5 Å². The minimum atomic E-state index is -4.77. The average Bonchev–Trinajstić information content (AvgIpc) is 3.15. The number of likely N-dealkylation sites (tertiary alicyclic amines) is 1. The molecule has 0 radical (unpaired) electrons. The van der Waals surface area contributed by atoms with Crippen molar-refractivity contribution in [2.24, 2.45) is 0 Å². The number of carbonyl (C=O) groups is 6. The molecule has 1 aromatic rings. The summed E-state index contributed by atoms with van der Waals surface area (Å²) in [4.78, 5) is 86.8. The Morgan fingerprint density at radius 2 is 1.75 bits per heavy atom. The van der Waals surface area contributed by atoms with Crippen LogP contribution in [0.1, 0.15) is 10.5 Å². The van der Waals surface area contributed by atoms with Gasteiger partial charge in [-0.3, -0.25) is 30.1 Å². The standard InChI is InChI=1S/C15H17N9O11S/c25-8-3-6(16-4-9(8)26)10(27)19-24-2-1-22(15(24)33)12(29)18-21-36(34,35)20-13(30)23-5-7(11(23)28)17-14(31)32/h3-4,7,17,21,26H,1-2,5H2,(H,16,25)(H,18,29)(H,19,27)(H,20,30)(H,31,32)/t7-/m0/s1.